The van der Waals surface area contributed by atoms with Crippen molar-refractivity contribution >= 4 is 5.97 Å². The number of esters is 1. The van der Waals surface area contributed by atoms with Crippen molar-refractivity contribution in [2.75, 3.05) is 26.4 Å². The highest BCUT2D eigenvalue weighted by Crippen LogP contribution is 1.87. The summed E-state index contributed by atoms with van der Waals surface area (Å²) in [6.07, 6.45) is 1.39. The molecule has 1 atom stereocenters. The zero-order chi connectivity index (χ0) is 11.5. The largest absolute Gasteiger partial charge is 0.460 e. The van der Waals surface area contributed by atoms with Gasteiger partial charge in [0.15, 0.2) is 6.29 Å². The molecule has 0 bridgehead atoms. The van der Waals surface area contributed by atoms with E-state index in [0.29, 0.717) is 6.61 Å². The minimum Gasteiger partial charge on any atom is -0.460 e. The minimum atomic E-state index is -0.966. The number of aliphatic hydroxyl groups excluding tert-OH is 1. The third-order valence-electron chi connectivity index (χ3n) is 1.36. The van der Waals surface area contributed by atoms with Crippen molar-refractivity contribution < 1.29 is 24.1 Å². The lowest BCUT2D eigenvalue weighted by Gasteiger charge is -2.07. The lowest BCUT2D eigenvalue weighted by Crippen LogP contribution is -2.15. The fraction of sp³-hybridized carbons (Fsp3) is 0.500. The van der Waals surface area contributed by atoms with Gasteiger partial charge in [-0.2, -0.15) is 0 Å². The summed E-state index contributed by atoms with van der Waals surface area (Å²) in [5.41, 5.74) is 0. The maximum atomic E-state index is 10.6. The molecule has 0 aliphatic carbocycles. The summed E-state index contributed by atoms with van der Waals surface area (Å²) in [5, 5.41) is 8.89. The topological polar surface area (TPSA) is 65.0 Å². The van der Waals surface area contributed by atoms with E-state index in [2.05, 4.69) is 17.9 Å². The highest BCUT2D eigenvalue weighted by molar-refractivity contribution is 5.81. The van der Waals surface area contributed by atoms with Crippen LogP contribution < -0.4 is 0 Å². The van der Waals surface area contributed by atoms with Crippen LogP contribution in [0.2, 0.25) is 0 Å². The van der Waals surface area contributed by atoms with E-state index in [1.165, 1.54) is 6.08 Å². The summed E-state index contributed by atoms with van der Waals surface area (Å²) in [4.78, 5) is 10.6. The summed E-state index contributed by atoms with van der Waals surface area (Å²) in [7, 11) is 0. The lowest BCUT2D eigenvalue weighted by molar-refractivity contribution is -0.139. The van der Waals surface area contributed by atoms with E-state index in [4.69, 9.17) is 14.6 Å². The van der Waals surface area contributed by atoms with E-state index in [1.807, 2.05) is 0 Å². The van der Waals surface area contributed by atoms with Crippen LogP contribution in [0.4, 0.5) is 0 Å². The van der Waals surface area contributed by atoms with Gasteiger partial charge in [-0.05, 0) is 6.08 Å². The molecule has 0 aromatic rings. The van der Waals surface area contributed by atoms with Gasteiger partial charge in [0.25, 0.3) is 0 Å². The van der Waals surface area contributed by atoms with Gasteiger partial charge in [0.1, 0.15) is 6.61 Å². The molecule has 0 amide bonds. The molecule has 5 nitrogen and oxygen atoms in total. The number of aliphatic hydroxyl groups is 1. The predicted molar refractivity (Wildman–Crippen MR) is 54.1 cm³/mol. The van der Waals surface area contributed by atoms with E-state index < -0.39 is 12.3 Å². The molecular weight excluding hydrogens is 200 g/mol. The smallest absolute Gasteiger partial charge is 0.330 e. The first-order chi connectivity index (χ1) is 7.20. The van der Waals surface area contributed by atoms with Crippen molar-refractivity contribution in [2.45, 2.75) is 6.29 Å². The fourth-order valence-corrected chi connectivity index (χ4v) is 0.658. The van der Waals surface area contributed by atoms with Crippen LogP contribution in [0, 0.1) is 0 Å². The van der Waals surface area contributed by atoms with Crippen molar-refractivity contribution in [2.24, 2.45) is 0 Å². The van der Waals surface area contributed by atoms with Crippen LogP contribution in [-0.4, -0.2) is 43.8 Å². The Balaban J connectivity index is 3.14. The molecule has 0 spiro atoms. The van der Waals surface area contributed by atoms with Gasteiger partial charge in [-0.25, -0.2) is 4.79 Å². The molecule has 0 saturated carbocycles. The Hall–Kier alpha value is -1.17. The average molecular weight is 216 g/mol. The maximum absolute atomic E-state index is 10.6. The molecule has 0 aromatic carbocycles. The normalized spacial score (nSPS) is 11.8. The lowest BCUT2D eigenvalue weighted by atomic mass is 10.6. The van der Waals surface area contributed by atoms with Crippen LogP contribution in [0.5, 0.6) is 0 Å². The average Bonchev–Trinajstić information content (AvgIpc) is 2.26. The summed E-state index contributed by atoms with van der Waals surface area (Å²) in [5.74, 6) is -0.475. The summed E-state index contributed by atoms with van der Waals surface area (Å²) in [6.45, 7) is 7.61. The Morgan fingerprint density at radius 1 is 1.27 bits per heavy atom. The molecule has 0 fully saturated rings. The van der Waals surface area contributed by atoms with E-state index in [9.17, 15) is 4.79 Å². The number of carbonyl (C=O) groups is 1. The molecule has 0 aliphatic heterocycles. The van der Waals surface area contributed by atoms with Gasteiger partial charge in [0.2, 0.25) is 0 Å². The van der Waals surface area contributed by atoms with Crippen molar-refractivity contribution in [1.82, 2.24) is 0 Å². The van der Waals surface area contributed by atoms with Crippen LogP contribution in [0.1, 0.15) is 0 Å². The van der Waals surface area contributed by atoms with Crippen LogP contribution in [-0.2, 0) is 19.0 Å². The molecule has 86 valence electrons. The van der Waals surface area contributed by atoms with Gasteiger partial charge in [-0.15, -0.1) is 0 Å². The van der Waals surface area contributed by atoms with Crippen LogP contribution in [0.25, 0.3) is 0 Å². The molecule has 0 rings (SSSR count). The summed E-state index contributed by atoms with van der Waals surface area (Å²) in [6, 6.07) is 0. The van der Waals surface area contributed by atoms with E-state index in [-0.39, 0.29) is 19.8 Å². The first-order valence-electron chi connectivity index (χ1n) is 4.50. The second kappa shape index (κ2) is 9.39. The van der Waals surface area contributed by atoms with Gasteiger partial charge in [0, 0.05) is 6.08 Å². The van der Waals surface area contributed by atoms with Gasteiger partial charge in [0.05, 0.1) is 19.8 Å². The second-order valence-electron chi connectivity index (χ2n) is 2.48. The van der Waals surface area contributed by atoms with E-state index >= 15 is 0 Å². The van der Waals surface area contributed by atoms with Crippen LogP contribution >= 0.6 is 0 Å². The van der Waals surface area contributed by atoms with Gasteiger partial charge >= 0.3 is 5.97 Å². The second-order valence-corrected chi connectivity index (χ2v) is 2.48. The predicted octanol–water partition coefficient (Wildman–Crippen LogP) is 0.253. The summed E-state index contributed by atoms with van der Waals surface area (Å²) < 4.78 is 14.5. The number of rotatable bonds is 9. The standard InChI is InChI=1S/C10H16O5/c1-3-9(11)14-7-5-13-6-8-15-10(12)4-2/h3-4,9,11H,1-2,5-8H2. The Bertz CT molecular complexity index is 202. The molecule has 0 aromatic heterocycles. The molecule has 1 unspecified atom stereocenters. The molecule has 0 radical (unpaired) electrons. The zero-order valence-electron chi connectivity index (χ0n) is 8.55. The third kappa shape index (κ3) is 9.14. The van der Waals surface area contributed by atoms with Crippen LogP contribution in [0.15, 0.2) is 25.3 Å². The quantitative estimate of drug-likeness (QED) is 0.197. The first-order valence-corrected chi connectivity index (χ1v) is 4.50. The molecule has 0 aliphatic rings. The fourth-order valence-electron chi connectivity index (χ4n) is 0.658. The molecule has 15 heavy (non-hydrogen) atoms. The monoisotopic (exact) mass is 216 g/mol. The van der Waals surface area contributed by atoms with Crippen molar-refractivity contribution in [1.29, 1.82) is 0 Å². The number of carbonyl (C=O) groups excluding carboxylic acids is 1. The highest BCUT2D eigenvalue weighted by Gasteiger charge is 1.97. The number of hydrogen-bond donors (Lipinski definition) is 1. The Morgan fingerprint density at radius 2 is 1.93 bits per heavy atom. The minimum absolute atomic E-state index is 0.175. The Kier molecular flexibility index (Phi) is 8.66. The maximum Gasteiger partial charge on any atom is 0.330 e. The first kappa shape index (κ1) is 13.8. The Labute approximate surface area is 88.9 Å². The van der Waals surface area contributed by atoms with Gasteiger partial charge < -0.3 is 19.3 Å². The number of ether oxygens (including phenoxy) is 3. The molecular formula is C10H16O5. The molecule has 0 heterocycles. The van der Waals surface area contributed by atoms with Gasteiger partial charge in [-0.3, -0.25) is 0 Å². The molecule has 5 heteroatoms. The van der Waals surface area contributed by atoms with Crippen molar-refractivity contribution in [3.63, 3.8) is 0 Å². The van der Waals surface area contributed by atoms with Gasteiger partial charge in [-0.1, -0.05) is 13.2 Å². The number of hydrogen-bond acceptors (Lipinski definition) is 5. The molecule has 1 N–H and O–H groups in total. The van der Waals surface area contributed by atoms with Crippen molar-refractivity contribution in [3.05, 3.63) is 25.3 Å². The van der Waals surface area contributed by atoms with Crippen LogP contribution in [0.3, 0.4) is 0 Å². The van der Waals surface area contributed by atoms with E-state index in [0.717, 1.165) is 6.08 Å². The highest BCUT2D eigenvalue weighted by atomic mass is 16.6. The Morgan fingerprint density at radius 3 is 2.53 bits per heavy atom. The third-order valence-corrected chi connectivity index (χ3v) is 1.36. The van der Waals surface area contributed by atoms with E-state index in [1.54, 1.807) is 0 Å². The molecule has 0 saturated heterocycles. The summed E-state index contributed by atoms with van der Waals surface area (Å²) >= 11 is 0. The zero-order valence-corrected chi connectivity index (χ0v) is 8.55. The van der Waals surface area contributed by atoms with Crippen molar-refractivity contribution in [3.8, 4) is 0 Å². The SMILES string of the molecule is C=CC(=O)OCCOCCOC(O)C=C.